The van der Waals surface area contributed by atoms with Gasteiger partial charge in [-0.3, -0.25) is 0 Å². The normalized spacial score (nSPS) is 16.3. The summed E-state index contributed by atoms with van der Waals surface area (Å²) in [6.07, 6.45) is 2.45. The van der Waals surface area contributed by atoms with Crippen molar-refractivity contribution in [1.82, 2.24) is 0 Å². The highest BCUT2D eigenvalue weighted by molar-refractivity contribution is 6.30. The summed E-state index contributed by atoms with van der Waals surface area (Å²) in [4.78, 5) is 0. The molecule has 1 fully saturated rings. The molecule has 0 spiro atoms. The third-order valence-electron chi connectivity index (χ3n) is 2.98. The number of rotatable bonds is 5. The Bertz CT molecular complexity index is 438. The van der Waals surface area contributed by atoms with Crippen molar-refractivity contribution in [1.29, 1.82) is 5.26 Å². The van der Waals surface area contributed by atoms with Gasteiger partial charge in [-0.05, 0) is 37.0 Å². The third-order valence-corrected chi connectivity index (χ3v) is 3.22. The number of hydrogen-bond donors (Lipinski definition) is 1. The molecule has 0 bridgehead atoms. The van der Waals surface area contributed by atoms with Crippen LogP contribution in [0.25, 0.3) is 0 Å². The molecule has 1 aromatic carbocycles. The summed E-state index contributed by atoms with van der Waals surface area (Å²) in [6.45, 7) is 0.655. The first-order chi connectivity index (χ1) is 8.24. The second-order valence-electron chi connectivity index (χ2n) is 4.35. The Morgan fingerprint density at radius 1 is 1.59 bits per heavy atom. The molecule has 90 valence electrons. The molecule has 1 atom stereocenters. The number of nitrogens with zero attached hydrogens (tertiary/aromatic N) is 1. The standard InChI is InChI=1S/C13H15ClN2O/c1-17-8-13(9-2-3-9)16-12-6-11(14)5-4-10(12)7-15/h4-6,9,13,16H,2-3,8H2,1H3. The lowest BCUT2D eigenvalue weighted by molar-refractivity contribution is 0.179. The van der Waals surface area contributed by atoms with Crippen molar-refractivity contribution in [3.63, 3.8) is 0 Å². The van der Waals surface area contributed by atoms with Crippen LogP contribution in [0.3, 0.4) is 0 Å². The number of methoxy groups -OCH3 is 1. The SMILES string of the molecule is COCC(Nc1cc(Cl)ccc1C#N)C1CC1. The molecular formula is C13H15ClN2O. The molecule has 1 unspecified atom stereocenters. The number of hydrogen-bond acceptors (Lipinski definition) is 3. The van der Waals surface area contributed by atoms with Gasteiger partial charge in [-0.25, -0.2) is 0 Å². The molecule has 1 N–H and O–H groups in total. The van der Waals surface area contributed by atoms with Gasteiger partial charge in [0.1, 0.15) is 6.07 Å². The number of nitriles is 1. The number of ether oxygens (including phenoxy) is 1. The maximum atomic E-state index is 9.04. The lowest BCUT2D eigenvalue weighted by atomic mass is 10.1. The van der Waals surface area contributed by atoms with E-state index in [0.29, 0.717) is 23.1 Å². The lowest BCUT2D eigenvalue weighted by Crippen LogP contribution is -2.27. The predicted molar refractivity (Wildman–Crippen MR) is 68.2 cm³/mol. The van der Waals surface area contributed by atoms with Gasteiger partial charge in [0.2, 0.25) is 0 Å². The van der Waals surface area contributed by atoms with Crippen molar-refractivity contribution in [3.05, 3.63) is 28.8 Å². The molecule has 0 heterocycles. The predicted octanol–water partition coefficient (Wildman–Crippen LogP) is 3.05. The lowest BCUT2D eigenvalue weighted by Gasteiger charge is -2.19. The first-order valence-electron chi connectivity index (χ1n) is 5.69. The van der Waals surface area contributed by atoms with Crippen LogP contribution in [-0.2, 0) is 4.74 Å². The molecule has 17 heavy (non-hydrogen) atoms. The maximum absolute atomic E-state index is 9.04. The van der Waals surface area contributed by atoms with Crippen molar-refractivity contribution in [3.8, 4) is 6.07 Å². The molecule has 1 aliphatic carbocycles. The zero-order chi connectivity index (χ0) is 12.3. The molecule has 4 heteroatoms. The summed E-state index contributed by atoms with van der Waals surface area (Å²) in [6, 6.07) is 7.70. The average Bonchev–Trinajstić information content (AvgIpc) is 3.13. The monoisotopic (exact) mass is 250 g/mol. The van der Waals surface area contributed by atoms with Crippen LogP contribution in [0.2, 0.25) is 5.02 Å². The van der Waals surface area contributed by atoms with Crippen LogP contribution in [-0.4, -0.2) is 19.8 Å². The van der Waals surface area contributed by atoms with Gasteiger partial charge in [-0.2, -0.15) is 5.26 Å². The molecule has 1 aromatic rings. The zero-order valence-corrected chi connectivity index (χ0v) is 10.5. The molecule has 3 nitrogen and oxygen atoms in total. The van der Waals surface area contributed by atoms with Crippen LogP contribution in [0, 0.1) is 17.2 Å². The van der Waals surface area contributed by atoms with Gasteiger partial charge >= 0.3 is 0 Å². The molecule has 0 aliphatic heterocycles. The molecule has 0 saturated heterocycles. The number of anilines is 1. The van der Waals surface area contributed by atoms with Crippen LogP contribution < -0.4 is 5.32 Å². The van der Waals surface area contributed by atoms with E-state index in [0.717, 1.165) is 5.69 Å². The summed E-state index contributed by atoms with van der Waals surface area (Å²) in [5.41, 5.74) is 1.42. The minimum Gasteiger partial charge on any atom is -0.383 e. The molecule has 0 radical (unpaired) electrons. The van der Waals surface area contributed by atoms with Crippen molar-refractivity contribution >= 4 is 17.3 Å². The zero-order valence-electron chi connectivity index (χ0n) is 9.74. The summed E-state index contributed by atoms with van der Waals surface area (Å²) < 4.78 is 5.20. The third kappa shape index (κ3) is 3.12. The van der Waals surface area contributed by atoms with E-state index < -0.39 is 0 Å². The van der Waals surface area contributed by atoms with Gasteiger partial charge < -0.3 is 10.1 Å². The molecule has 0 amide bonds. The molecule has 1 saturated carbocycles. The van der Waals surface area contributed by atoms with E-state index in [4.69, 9.17) is 21.6 Å². The van der Waals surface area contributed by atoms with Gasteiger partial charge in [0.15, 0.2) is 0 Å². The van der Waals surface area contributed by atoms with Crippen molar-refractivity contribution in [2.45, 2.75) is 18.9 Å². The molecule has 2 rings (SSSR count). The van der Waals surface area contributed by atoms with Crippen LogP contribution in [0.1, 0.15) is 18.4 Å². The van der Waals surface area contributed by atoms with Gasteiger partial charge in [0, 0.05) is 12.1 Å². The Morgan fingerprint density at radius 2 is 2.35 bits per heavy atom. The first-order valence-corrected chi connectivity index (χ1v) is 6.07. The highest BCUT2D eigenvalue weighted by Gasteiger charge is 2.31. The smallest absolute Gasteiger partial charge is 0.101 e. The highest BCUT2D eigenvalue weighted by Crippen LogP contribution is 2.35. The van der Waals surface area contributed by atoms with E-state index in [1.54, 1.807) is 25.3 Å². The van der Waals surface area contributed by atoms with E-state index in [1.165, 1.54) is 12.8 Å². The quantitative estimate of drug-likeness (QED) is 0.874. The number of nitrogens with one attached hydrogen (secondary N) is 1. The van der Waals surface area contributed by atoms with Crippen LogP contribution in [0.15, 0.2) is 18.2 Å². The van der Waals surface area contributed by atoms with Crippen LogP contribution >= 0.6 is 11.6 Å². The highest BCUT2D eigenvalue weighted by atomic mass is 35.5. The topological polar surface area (TPSA) is 45.0 Å². The van der Waals surface area contributed by atoms with Gasteiger partial charge in [-0.15, -0.1) is 0 Å². The van der Waals surface area contributed by atoms with Crippen molar-refractivity contribution in [2.24, 2.45) is 5.92 Å². The van der Waals surface area contributed by atoms with E-state index in [9.17, 15) is 0 Å². The fraction of sp³-hybridized carbons (Fsp3) is 0.462. The maximum Gasteiger partial charge on any atom is 0.101 e. The summed E-state index contributed by atoms with van der Waals surface area (Å²) in [5.74, 6) is 0.653. The molecular weight excluding hydrogens is 236 g/mol. The Labute approximate surface area is 106 Å². The van der Waals surface area contributed by atoms with Crippen molar-refractivity contribution < 1.29 is 4.74 Å². The fourth-order valence-corrected chi connectivity index (χ4v) is 2.08. The second kappa shape index (κ2) is 5.39. The fourth-order valence-electron chi connectivity index (χ4n) is 1.91. The summed E-state index contributed by atoms with van der Waals surface area (Å²) in [5, 5.41) is 13.0. The molecule has 0 aromatic heterocycles. The molecule has 1 aliphatic rings. The van der Waals surface area contributed by atoms with E-state index in [-0.39, 0.29) is 6.04 Å². The second-order valence-corrected chi connectivity index (χ2v) is 4.78. The summed E-state index contributed by atoms with van der Waals surface area (Å²) in [7, 11) is 1.69. The van der Waals surface area contributed by atoms with Crippen LogP contribution in [0.4, 0.5) is 5.69 Å². The van der Waals surface area contributed by atoms with Gasteiger partial charge in [-0.1, -0.05) is 11.6 Å². The van der Waals surface area contributed by atoms with Gasteiger partial charge in [0.25, 0.3) is 0 Å². The van der Waals surface area contributed by atoms with Crippen LogP contribution in [0.5, 0.6) is 0 Å². The minimum atomic E-state index is 0.269. The number of benzene rings is 1. The number of halogens is 1. The Hall–Kier alpha value is -1.24. The minimum absolute atomic E-state index is 0.269. The van der Waals surface area contributed by atoms with E-state index in [1.807, 2.05) is 0 Å². The Morgan fingerprint density at radius 3 is 2.94 bits per heavy atom. The average molecular weight is 251 g/mol. The van der Waals surface area contributed by atoms with Gasteiger partial charge in [0.05, 0.1) is 23.9 Å². The Kier molecular flexibility index (Phi) is 3.88. The van der Waals surface area contributed by atoms with E-state index in [2.05, 4.69) is 11.4 Å². The first kappa shape index (κ1) is 12.2. The van der Waals surface area contributed by atoms with E-state index >= 15 is 0 Å². The Balaban J connectivity index is 2.15. The summed E-state index contributed by atoms with van der Waals surface area (Å²) >= 11 is 5.95. The largest absolute Gasteiger partial charge is 0.383 e. The van der Waals surface area contributed by atoms with Crippen molar-refractivity contribution in [2.75, 3.05) is 19.0 Å².